The molecule has 108 valence electrons. The number of rotatable bonds is 4. The van der Waals surface area contributed by atoms with Gasteiger partial charge >= 0.3 is 64.0 Å². The van der Waals surface area contributed by atoms with Gasteiger partial charge in [0.1, 0.15) is 0 Å². The summed E-state index contributed by atoms with van der Waals surface area (Å²) in [4.78, 5) is 0. The quantitative estimate of drug-likeness (QED) is 0.323. The third-order valence-electron chi connectivity index (χ3n) is 0.813. The number of hydrogen-bond donors (Lipinski definition) is 0. The van der Waals surface area contributed by atoms with E-state index in [1.807, 2.05) is 27.7 Å². The molecule has 0 radical (unpaired) electrons. The molecule has 0 aromatic heterocycles. The summed E-state index contributed by atoms with van der Waals surface area (Å²) < 4.78 is 19.9. The van der Waals surface area contributed by atoms with Crippen LogP contribution in [0.1, 0.15) is 27.7 Å². The molecule has 1 N–H and O–H groups in total. The van der Waals surface area contributed by atoms with Gasteiger partial charge in [-0.25, -0.2) is 0 Å². The Labute approximate surface area is 123 Å². The van der Waals surface area contributed by atoms with Crippen molar-refractivity contribution in [3.8, 4) is 0 Å². The van der Waals surface area contributed by atoms with Crippen LogP contribution in [0.15, 0.2) is 0 Å². The van der Waals surface area contributed by atoms with Crippen molar-refractivity contribution in [3.05, 3.63) is 0 Å². The maximum atomic E-state index is 9.52. The van der Waals surface area contributed by atoms with Crippen molar-refractivity contribution < 1.29 is 24.0 Å². The number of hydrogen-bond acceptors (Lipinski definition) is 2. The summed E-state index contributed by atoms with van der Waals surface area (Å²) in [6, 6.07) is 0. The summed E-state index contributed by atoms with van der Waals surface area (Å²) in [5.74, 6) is 0. The van der Waals surface area contributed by atoms with E-state index in [-0.39, 0.29) is 12.2 Å². The van der Waals surface area contributed by atoms with Gasteiger partial charge in [-0.15, -0.1) is 0 Å². The summed E-state index contributed by atoms with van der Waals surface area (Å²) in [5, 5.41) is 0. The molecule has 0 fully saturated rings. The van der Waals surface area contributed by atoms with E-state index in [0.717, 1.165) is 0 Å². The van der Waals surface area contributed by atoms with Crippen molar-refractivity contribution in [2.24, 2.45) is 0 Å². The minimum absolute atomic E-state index is 0.0112. The Bertz CT molecular complexity index is 245. The van der Waals surface area contributed by atoms with Gasteiger partial charge in [0.05, 0.1) is 18.9 Å². The normalized spacial score (nSPS) is 15.2. The van der Waals surface area contributed by atoms with Crippen molar-refractivity contribution in [1.82, 2.24) is 0 Å². The second kappa shape index (κ2) is 7.95. The summed E-state index contributed by atoms with van der Waals surface area (Å²) >= 11 is 0. The SMILES string of the molecule is CC(C)OP(C)(=[OH+])OC(C)C.[Cl][Ta]([Cl])([Cl])([Cl])[Cl]. The second-order valence-corrected chi connectivity index (χ2v) is 52.2. The van der Waals surface area contributed by atoms with Crippen LogP contribution < -0.4 is 0 Å². The molecule has 0 aliphatic carbocycles. The van der Waals surface area contributed by atoms with E-state index >= 15 is 0 Å². The third kappa shape index (κ3) is 32.2. The van der Waals surface area contributed by atoms with Gasteiger partial charge in [0.15, 0.2) is 0 Å². The van der Waals surface area contributed by atoms with Crippen LogP contribution in [0.2, 0.25) is 0 Å². The fourth-order valence-electron chi connectivity index (χ4n) is 0.807. The van der Waals surface area contributed by atoms with Crippen LogP contribution in [0.4, 0.5) is 0 Å². The van der Waals surface area contributed by atoms with Crippen molar-refractivity contribution in [2.75, 3.05) is 6.66 Å². The summed E-state index contributed by atoms with van der Waals surface area (Å²) in [7, 11) is 18.3. The monoisotopic (exact) mass is 537 g/mol. The van der Waals surface area contributed by atoms with Crippen molar-refractivity contribution >= 4 is 53.5 Å². The van der Waals surface area contributed by atoms with Crippen molar-refractivity contribution in [1.29, 1.82) is 0 Å². The van der Waals surface area contributed by atoms with Crippen LogP contribution in [0.25, 0.3) is 0 Å². The van der Waals surface area contributed by atoms with E-state index < -0.39 is 18.0 Å². The summed E-state index contributed by atoms with van der Waals surface area (Å²) in [5.41, 5.74) is 0. The van der Waals surface area contributed by atoms with Gasteiger partial charge in [0, 0.05) is 0 Å². The zero-order chi connectivity index (χ0) is 14.5. The number of halogens is 5. The standard InChI is InChI=1S/C7H17O3P.5ClH.Ta/c1-6(2)9-11(5,8)10-7(3)4;;;;;;/h6-7H,1-5H3;5*1H;/q;;;;;;+5/p-4. The average Bonchev–Trinajstić information content (AvgIpc) is 1.70. The molecule has 0 amide bonds. The van der Waals surface area contributed by atoms with Gasteiger partial charge in [-0.3, -0.25) is 13.6 Å². The molecular formula is C7H18Cl5O3PTa+. The van der Waals surface area contributed by atoms with E-state index in [9.17, 15) is 4.57 Å². The molecule has 0 bridgehead atoms. The predicted molar refractivity (Wildman–Crippen MR) is 76.5 cm³/mol. The molecule has 0 aromatic carbocycles. The van der Waals surface area contributed by atoms with E-state index in [2.05, 4.69) is 0 Å². The Kier molecular flexibility index (Phi) is 10.1. The van der Waals surface area contributed by atoms with E-state index in [4.69, 9.17) is 55.0 Å². The zero-order valence-corrected chi connectivity index (χ0v) is 18.1. The first-order chi connectivity index (χ1) is 7.07. The zero-order valence-electron chi connectivity index (χ0n) is 10.2. The first-order valence-electron chi connectivity index (χ1n) is 4.64. The summed E-state index contributed by atoms with van der Waals surface area (Å²) in [6.45, 7) is 9.10. The molecule has 0 aromatic rings. The van der Waals surface area contributed by atoms with Gasteiger partial charge in [0.25, 0.3) is 0 Å². The Morgan fingerprint density at radius 2 is 1.06 bits per heavy atom. The predicted octanol–water partition coefficient (Wildman–Crippen LogP) is 6.05. The fraction of sp³-hybridized carbons (Fsp3) is 1.00. The molecule has 0 aliphatic rings. The Morgan fingerprint density at radius 1 is 0.882 bits per heavy atom. The molecule has 0 aliphatic heterocycles. The van der Waals surface area contributed by atoms with Gasteiger partial charge in [0.2, 0.25) is 0 Å². The first-order valence-corrected chi connectivity index (χ1v) is 26.6. The fourth-order valence-corrected chi connectivity index (χ4v) is 2.42. The molecule has 17 heavy (non-hydrogen) atoms. The van der Waals surface area contributed by atoms with E-state index in [1.165, 1.54) is 0 Å². The molecule has 0 rings (SSSR count). The van der Waals surface area contributed by atoms with Crippen LogP contribution in [0.5, 0.6) is 0 Å². The molecule has 0 spiro atoms. The molecule has 0 heterocycles. The maximum absolute atomic E-state index is 9.52. The molecule has 0 unspecified atom stereocenters. The second-order valence-electron chi connectivity index (χ2n) is 3.75. The van der Waals surface area contributed by atoms with Crippen molar-refractivity contribution in [3.63, 3.8) is 0 Å². The van der Waals surface area contributed by atoms with Crippen LogP contribution >= 0.6 is 53.5 Å². The summed E-state index contributed by atoms with van der Waals surface area (Å²) in [6.07, 6.45) is 0.0224. The van der Waals surface area contributed by atoms with Gasteiger partial charge in [-0.2, -0.15) is 0 Å². The molecule has 3 nitrogen and oxygen atoms in total. The first kappa shape index (κ1) is 21.6. The molecule has 10 heteroatoms. The van der Waals surface area contributed by atoms with E-state index in [1.54, 1.807) is 6.66 Å². The molecular weight excluding hydrogens is 521 g/mol. The van der Waals surface area contributed by atoms with Crippen LogP contribution in [-0.2, 0) is 19.5 Å². The molecule has 0 saturated heterocycles. The van der Waals surface area contributed by atoms with Gasteiger partial charge in [-0.1, -0.05) is 0 Å². The Morgan fingerprint density at radius 3 is 1.18 bits per heavy atom. The van der Waals surface area contributed by atoms with Crippen molar-refractivity contribution in [2.45, 2.75) is 39.9 Å². The Balaban J connectivity index is 0. The van der Waals surface area contributed by atoms with E-state index in [0.29, 0.717) is 0 Å². The van der Waals surface area contributed by atoms with Crippen LogP contribution in [-0.4, -0.2) is 23.4 Å². The van der Waals surface area contributed by atoms with Crippen LogP contribution in [0, 0.1) is 0 Å². The van der Waals surface area contributed by atoms with Crippen LogP contribution in [0.3, 0.4) is 0 Å². The average molecular weight is 539 g/mol. The third-order valence-corrected chi connectivity index (χ3v) is 2.44. The molecule has 0 saturated carbocycles. The van der Waals surface area contributed by atoms with Gasteiger partial charge < -0.3 is 0 Å². The topological polar surface area (TPSA) is 39.9 Å². The van der Waals surface area contributed by atoms with Gasteiger partial charge in [-0.05, 0) is 27.7 Å². The minimum atomic E-state index is -4.44. The Hall–Kier alpha value is 2.34. The molecule has 0 atom stereocenters.